The van der Waals surface area contributed by atoms with Crippen molar-refractivity contribution in [3.63, 3.8) is 0 Å². The van der Waals surface area contributed by atoms with Crippen LogP contribution in [0.1, 0.15) is 5.56 Å². The summed E-state index contributed by atoms with van der Waals surface area (Å²) in [6.45, 7) is 0. The van der Waals surface area contributed by atoms with Crippen molar-refractivity contribution < 1.29 is 4.42 Å². The number of furan rings is 1. The summed E-state index contributed by atoms with van der Waals surface area (Å²) in [6, 6.07) is 15.8. The highest BCUT2D eigenvalue weighted by Gasteiger charge is 2.12. The van der Waals surface area contributed by atoms with E-state index < -0.39 is 0 Å². The lowest BCUT2D eigenvalue weighted by molar-refractivity contribution is 0.622. The summed E-state index contributed by atoms with van der Waals surface area (Å²) >= 11 is 3.15. The van der Waals surface area contributed by atoms with Gasteiger partial charge in [-0.2, -0.15) is 16.4 Å². The first kappa shape index (κ1) is 16.9. The van der Waals surface area contributed by atoms with Crippen molar-refractivity contribution in [1.29, 1.82) is 0 Å². The van der Waals surface area contributed by atoms with Gasteiger partial charge >= 0.3 is 0 Å². The van der Waals surface area contributed by atoms with Crippen LogP contribution < -0.4 is 4.80 Å². The summed E-state index contributed by atoms with van der Waals surface area (Å²) in [5.41, 5.74) is 3.53. The van der Waals surface area contributed by atoms with Crippen LogP contribution in [0.3, 0.4) is 0 Å². The zero-order chi connectivity index (χ0) is 18.8. The van der Waals surface area contributed by atoms with Crippen molar-refractivity contribution in [2.24, 2.45) is 10.1 Å². The third kappa shape index (κ3) is 3.33. The molecule has 4 heterocycles. The minimum absolute atomic E-state index is 0.745. The van der Waals surface area contributed by atoms with Crippen LogP contribution >= 0.6 is 22.7 Å². The van der Waals surface area contributed by atoms with Gasteiger partial charge in [-0.15, -0.1) is 11.3 Å². The summed E-state index contributed by atoms with van der Waals surface area (Å²) < 4.78 is 7.87. The SMILES string of the molecule is C(=Nn1c(-c2cc3ccccc3o2)csc1=Nc1cccnc1)c1ccsc1. The number of pyridine rings is 1. The van der Waals surface area contributed by atoms with E-state index in [-0.39, 0.29) is 0 Å². The number of hydrogen-bond acceptors (Lipinski definition) is 6. The van der Waals surface area contributed by atoms with E-state index in [4.69, 9.17) is 9.41 Å². The van der Waals surface area contributed by atoms with Crippen molar-refractivity contribution in [1.82, 2.24) is 9.66 Å². The Bertz CT molecular complexity index is 1280. The van der Waals surface area contributed by atoms with E-state index >= 15 is 0 Å². The maximum absolute atomic E-state index is 6.06. The molecule has 0 atom stereocenters. The van der Waals surface area contributed by atoms with Crippen molar-refractivity contribution in [3.05, 3.63) is 87.4 Å². The van der Waals surface area contributed by atoms with Gasteiger partial charge in [0.2, 0.25) is 4.80 Å². The Balaban J connectivity index is 1.67. The zero-order valence-corrected chi connectivity index (χ0v) is 16.2. The second-order valence-electron chi connectivity index (χ2n) is 5.99. The monoisotopic (exact) mass is 402 g/mol. The first-order chi connectivity index (χ1) is 13.9. The molecule has 1 aromatic carbocycles. The quantitative estimate of drug-likeness (QED) is 0.371. The minimum Gasteiger partial charge on any atom is -0.454 e. The fourth-order valence-electron chi connectivity index (χ4n) is 2.77. The van der Waals surface area contributed by atoms with E-state index in [2.05, 4.69) is 15.5 Å². The molecule has 0 fully saturated rings. The number of hydrogen-bond donors (Lipinski definition) is 0. The van der Waals surface area contributed by atoms with E-state index in [1.54, 1.807) is 23.7 Å². The van der Waals surface area contributed by atoms with E-state index in [1.165, 1.54) is 11.3 Å². The van der Waals surface area contributed by atoms with Crippen LogP contribution in [0.25, 0.3) is 22.4 Å². The van der Waals surface area contributed by atoms with Crippen molar-refractivity contribution >= 4 is 45.5 Å². The number of nitrogens with zero attached hydrogens (tertiary/aromatic N) is 4. The summed E-state index contributed by atoms with van der Waals surface area (Å²) in [7, 11) is 0. The number of thiophene rings is 1. The fourth-order valence-corrected chi connectivity index (χ4v) is 4.22. The summed E-state index contributed by atoms with van der Waals surface area (Å²) in [4.78, 5) is 9.59. The number of rotatable bonds is 4. The summed E-state index contributed by atoms with van der Waals surface area (Å²) in [5, 5.41) is 11.8. The molecule has 0 bridgehead atoms. The third-order valence-electron chi connectivity index (χ3n) is 4.10. The Labute approximate surface area is 168 Å². The molecule has 5 rings (SSSR count). The van der Waals surface area contributed by atoms with Gasteiger partial charge in [0.05, 0.1) is 18.1 Å². The fraction of sp³-hybridized carbons (Fsp3) is 0. The molecule has 0 aliphatic heterocycles. The number of aromatic nitrogens is 2. The molecule has 5 nitrogen and oxygen atoms in total. The molecule has 0 N–H and O–H groups in total. The van der Waals surface area contributed by atoms with Crippen LogP contribution in [0.5, 0.6) is 0 Å². The van der Waals surface area contributed by atoms with Gasteiger partial charge < -0.3 is 4.42 Å². The third-order valence-corrected chi connectivity index (χ3v) is 5.62. The second-order valence-corrected chi connectivity index (χ2v) is 7.60. The van der Waals surface area contributed by atoms with Crippen molar-refractivity contribution in [2.75, 3.05) is 0 Å². The number of fused-ring (bicyclic) bond motifs is 1. The first-order valence-electron chi connectivity index (χ1n) is 8.58. The molecule has 0 saturated heterocycles. The Morgan fingerprint density at radius 1 is 1.07 bits per heavy atom. The predicted molar refractivity (Wildman–Crippen MR) is 114 cm³/mol. The van der Waals surface area contributed by atoms with E-state index in [1.807, 2.05) is 70.2 Å². The number of thiazole rings is 1. The Morgan fingerprint density at radius 3 is 2.86 bits per heavy atom. The van der Waals surface area contributed by atoms with Gasteiger partial charge in [0.15, 0.2) is 5.76 Å². The van der Waals surface area contributed by atoms with Crippen LogP contribution in [0, 0.1) is 0 Å². The lowest BCUT2D eigenvalue weighted by atomic mass is 10.2. The molecule has 4 aromatic heterocycles. The molecule has 0 radical (unpaired) electrons. The summed E-state index contributed by atoms with van der Waals surface area (Å²) in [6.07, 6.45) is 5.29. The van der Waals surface area contributed by atoms with Crippen LogP contribution in [0.15, 0.2) is 91.6 Å². The molecule has 5 aromatic rings. The van der Waals surface area contributed by atoms with Gasteiger partial charge in [-0.25, -0.2) is 9.67 Å². The maximum atomic E-state index is 6.06. The molecular formula is C21H14N4OS2. The normalized spacial score (nSPS) is 12.4. The molecule has 0 aliphatic carbocycles. The number of para-hydroxylation sites is 1. The highest BCUT2D eigenvalue weighted by atomic mass is 32.1. The zero-order valence-electron chi connectivity index (χ0n) is 14.6. The highest BCUT2D eigenvalue weighted by Crippen LogP contribution is 2.28. The van der Waals surface area contributed by atoms with Gasteiger partial charge in [-0.3, -0.25) is 4.98 Å². The lowest BCUT2D eigenvalue weighted by Gasteiger charge is -2.00. The molecule has 136 valence electrons. The Hall–Kier alpha value is -3.29. The van der Waals surface area contributed by atoms with Gasteiger partial charge in [-0.1, -0.05) is 18.2 Å². The minimum atomic E-state index is 0.745. The van der Waals surface area contributed by atoms with E-state index in [9.17, 15) is 0 Å². The molecule has 7 heteroatoms. The van der Waals surface area contributed by atoms with Gasteiger partial charge in [0.1, 0.15) is 11.3 Å². The largest absolute Gasteiger partial charge is 0.454 e. The smallest absolute Gasteiger partial charge is 0.211 e. The molecule has 0 amide bonds. The van der Waals surface area contributed by atoms with Gasteiger partial charge in [0.25, 0.3) is 0 Å². The first-order valence-corrected chi connectivity index (χ1v) is 10.4. The molecule has 0 spiro atoms. The van der Waals surface area contributed by atoms with Crippen LogP contribution in [0.2, 0.25) is 0 Å². The van der Waals surface area contributed by atoms with E-state index in [0.717, 1.165) is 38.5 Å². The Kier molecular flexibility index (Phi) is 4.44. The second kappa shape index (κ2) is 7.38. The van der Waals surface area contributed by atoms with E-state index in [0.29, 0.717) is 0 Å². The molecular weight excluding hydrogens is 388 g/mol. The van der Waals surface area contributed by atoms with Crippen molar-refractivity contribution in [3.8, 4) is 11.5 Å². The molecule has 28 heavy (non-hydrogen) atoms. The molecule has 0 saturated carbocycles. The van der Waals surface area contributed by atoms with Crippen LogP contribution in [-0.2, 0) is 0 Å². The molecule has 0 unspecified atom stereocenters. The topological polar surface area (TPSA) is 55.7 Å². The van der Waals surface area contributed by atoms with Crippen LogP contribution in [-0.4, -0.2) is 15.9 Å². The standard InChI is InChI=1S/C21H14N4OS2/c1-2-6-19-16(4-1)10-20(26-19)18-14-28-21(24-17-5-3-8-22-12-17)25(18)23-11-15-7-9-27-13-15/h1-14H. The summed E-state index contributed by atoms with van der Waals surface area (Å²) in [5.74, 6) is 0.757. The van der Waals surface area contributed by atoms with Crippen LogP contribution in [0.4, 0.5) is 5.69 Å². The predicted octanol–water partition coefficient (Wildman–Crippen LogP) is 5.53. The molecule has 0 aliphatic rings. The average Bonchev–Trinajstić information content (AvgIpc) is 3.46. The average molecular weight is 403 g/mol. The van der Waals surface area contributed by atoms with Gasteiger partial charge in [-0.05, 0) is 41.1 Å². The Morgan fingerprint density at radius 2 is 2.04 bits per heavy atom. The highest BCUT2D eigenvalue weighted by molar-refractivity contribution is 7.08. The number of benzene rings is 1. The maximum Gasteiger partial charge on any atom is 0.211 e. The van der Waals surface area contributed by atoms with Crippen molar-refractivity contribution in [2.45, 2.75) is 0 Å². The lowest BCUT2D eigenvalue weighted by Crippen LogP contribution is -2.11. The van der Waals surface area contributed by atoms with Gasteiger partial charge in [0, 0.05) is 22.5 Å².